The van der Waals surface area contributed by atoms with Crippen molar-refractivity contribution in [2.24, 2.45) is 5.92 Å². The lowest BCUT2D eigenvalue weighted by Crippen LogP contribution is -2.35. The van der Waals surface area contributed by atoms with Crippen LogP contribution in [0.4, 0.5) is 0 Å². The summed E-state index contributed by atoms with van der Waals surface area (Å²) in [5.41, 5.74) is 5.39. The molecule has 2 atom stereocenters. The van der Waals surface area contributed by atoms with Gasteiger partial charge in [0.25, 0.3) is 0 Å². The van der Waals surface area contributed by atoms with Gasteiger partial charge in [-0.05, 0) is 45.7 Å². The highest BCUT2D eigenvalue weighted by atomic mass is 16.2. The van der Waals surface area contributed by atoms with E-state index in [9.17, 15) is 9.59 Å². The normalized spacial score (nSPS) is 17.5. The van der Waals surface area contributed by atoms with Gasteiger partial charge >= 0.3 is 0 Å². The Morgan fingerprint density at radius 2 is 2.10 bits per heavy atom. The van der Waals surface area contributed by atoms with Gasteiger partial charge < -0.3 is 15.2 Å². The summed E-state index contributed by atoms with van der Waals surface area (Å²) in [6, 6.07) is 8.04. The third-order valence-electron chi connectivity index (χ3n) is 6.44. The van der Waals surface area contributed by atoms with Crippen LogP contribution < -0.4 is 5.32 Å². The Morgan fingerprint density at radius 3 is 2.84 bits per heavy atom. The number of likely N-dealkylation sites (tertiary alicyclic amines) is 1. The number of rotatable bonds is 7. The van der Waals surface area contributed by atoms with Crippen LogP contribution in [-0.4, -0.2) is 44.6 Å². The molecule has 0 unspecified atom stereocenters. The average molecular weight is 422 g/mol. The highest BCUT2D eigenvalue weighted by Crippen LogP contribution is 2.25. The highest BCUT2D eigenvalue weighted by molar-refractivity contribution is 5.89. The molecule has 7 heteroatoms. The first-order valence-corrected chi connectivity index (χ1v) is 11.1. The molecular formula is C24H31N5O2. The number of nitrogens with zero attached hydrogens (tertiary/aromatic N) is 3. The van der Waals surface area contributed by atoms with E-state index < -0.39 is 0 Å². The Morgan fingerprint density at radius 1 is 1.32 bits per heavy atom. The molecule has 7 nitrogen and oxygen atoms in total. The SMILES string of the molecule is CCn1nc(C)c([C@H](C)NC(=O)[C@@H]2CC(=O)N(CCc3c[nH]c4ccccc34)C2)c1C. The number of aromatic nitrogens is 3. The minimum Gasteiger partial charge on any atom is -0.361 e. The first kappa shape index (κ1) is 21.2. The lowest BCUT2D eigenvalue weighted by atomic mass is 10.0. The second-order valence-electron chi connectivity index (χ2n) is 8.48. The molecule has 0 saturated carbocycles. The van der Waals surface area contributed by atoms with Gasteiger partial charge in [-0.15, -0.1) is 0 Å². The van der Waals surface area contributed by atoms with Crippen LogP contribution in [0.15, 0.2) is 30.5 Å². The van der Waals surface area contributed by atoms with Gasteiger partial charge in [-0.2, -0.15) is 5.10 Å². The van der Waals surface area contributed by atoms with Crippen molar-refractivity contribution >= 4 is 22.7 Å². The van der Waals surface area contributed by atoms with Crippen molar-refractivity contribution in [1.29, 1.82) is 0 Å². The molecule has 2 N–H and O–H groups in total. The molecule has 0 aliphatic carbocycles. The molecule has 2 aromatic heterocycles. The monoisotopic (exact) mass is 421 g/mol. The molecule has 1 fully saturated rings. The maximum absolute atomic E-state index is 12.9. The number of carbonyl (C=O) groups is 2. The predicted octanol–water partition coefficient (Wildman–Crippen LogP) is 3.27. The molecule has 164 valence electrons. The number of benzene rings is 1. The number of fused-ring (bicyclic) bond motifs is 1. The first-order chi connectivity index (χ1) is 14.9. The molecule has 2 amide bonds. The van der Waals surface area contributed by atoms with Crippen molar-refractivity contribution in [2.75, 3.05) is 13.1 Å². The number of hydrogen-bond acceptors (Lipinski definition) is 3. The van der Waals surface area contributed by atoms with Crippen LogP contribution in [0.3, 0.4) is 0 Å². The number of hydrogen-bond donors (Lipinski definition) is 2. The summed E-state index contributed by atoms with van der Waals surface area (Å²) in [4.78, 5) is 30.5. The molecular weight excluding hydrogens is 390 g/mol. The van der Waals surface area contributed by atoms with Crippen LogP contribution in [0, 0.1) is 19.8 Å². The number of nitrogens with one attached hydrogen (secondary N) is 2. The van der Waals surface area contributed by atoms with Crippen LogP contribution in [0.1, 0.15) is 48.8 Å². The molecule has 0 bridgehead atoms. The van der Waals surface area contributed by atoms with Gasteiger partial charge in [-0.1, -0.05) is 18.2 Å². The standard InChI is InChI=1S/C24H31N5O2/c1-5-29-17(4)23(16(3)27-29)15(2)26-24(31)19-12-22(30)28(14-19)11-10-18-13-25-21-9-7-6-8-20(18)21/h6-9,13,15,19,25H,5,10-12,14H2,1-4H3,(H,26,31)/t15-,19+/m0/s1. The Kier molecular flexibility index (Phi) is 5.85. The summed E-state index contributed by atoms with van der Waals surface area (Å²) in [6.07, 6.45) is 3.06. The van der Waals surface area contributed by atoms with Gasteiger partial charge in [-0.25, -0.2) is 0 Å². The number of carbonyl (C=O) groups excluding carboxylic acids is 2. The summed E-state index contributed by atoms with van der Waals surface area (Å²) >= 11 is 0. The average Bonchev–Trinajstić information content (AvgIpc) is 3.41. The number of H-pyrrole nitrogens is 1. The third kappa shape index (κ3) is 4.09. The van der Waals surface area contributed by atoms with Crippen molar-refractivity contribution in [3.63, 3.8) is 0 Å². The fraction of sp³-hybridized carbons (Fsp3) is 0.458. The van der Waals surface area contributed by atoms with Gasteiger partial charge in [0.2, 0.25) is 11.8 Å². The van der Waals surface area contributed by atoms with Gasteiger partial charge in [0, 0.05) is 54.4 Å². The lowest BCUT2D eigenvalue weighted by Gasteiger charge is -2.19. The Labute approximate surface area is 182 Å². The number of para-hydroxylation sites is 1. The predicted molar refractivity (Wildman–Crippen MR) is 121 cm³/mol. The maximum atomic E-state index is 12.9. The molecule has 0 radical (unpaired) electrons. The van der Waals surface area contributed by atoms with Crippen LogP contribution in [0.25, 0.3) is 10.9 Å². The fourth-order valence-corrected chi connectivity index (χ4v) is 4.81. The Bertz CT molecular complexity index is 1110. The van der Waals surface area contributed by atoms with E-state index in [1.54, 1.807) is 0 Å². The van der Waals surface area contributed by atoms with Gasteiger partial charge in [0.1, 0.15) is 0 Å². The van der Waals surface area contributed by atoms with Crippen molar-refractivity contribution in [2.45, 2.75) is 53.1 Å². The summed E-state index contributed by atoms with van der Waals surface area (Å²) in [5, 5.41) is 8.86. The van der Waals surface area contributed by atoms with Gasteiger partial charge in [0.05, 0.1) is 17.7 Å². The molecule has 1 aliphatic heterocycles. The molecule has 31 heavy (non-hydrogen) atoms. The van der Waals surface area contributed by atoms with Crippen molar-refractivity contribution < 1.29 is 9.59 Å². The summed E-state index contributed by atoms with van der Waals surface area (Å²) < 4.78 is 1.96. The zero-order valence-corrected chi connectivity index (χ0v) is 18.7. The lowest BCUT2D eigenvalue weighted by molar-refractivity contribution is -0.129. The highest BCUT2D eigenvalue weighted by Gasteiger charge is 2.35. The van der Waals surface area contributed by atoms with Crippen LogP contribution in [-0.2, 0) is 22.6 Å². The van der Waals surface area contributed by atoms with E-state index in [1.807, 2.05) is 48.7 Å². The second kappa shape index (κ2) is 8.57. The Balaban J connectivity index is 1.36. The van der Waals surface area contributed by atoms with E-state index in [4.69, 9.17) is 0 Å². The fourth-order valence-electron chi connectivity index (χ4n) is 4.81. The van der Waals surface area contributed by atoms with E-state index in [0.717, 1.165) is 35.4 Å². The van der Waals surface area contributed by atoms with E-state index in [1.165, 1.54) is 10.9 Å². The quantitative estimate of drug-likeness (QED) is 0.614. The minimum absolute atomic E-state index is 0.0545. The zero-order valence-electron chi connectivity index (χ0n) is 18.7. The zero-order chi connectivity index (χ0) is 22.1. The van der Waals surface area contributed by atoms with Crippen LogP contribution >= 0.6 is 0 Å². The first-order valence-electron chi connectivity index (χ1n) is 11.1. The number of amides is 2. The van der Waals surface area contributed by atoms with E-state index in [0.29, 0.717) is 13.1 Å². The van der Waals surface area contributed by atoms with Gasteiger partial charge in [-0.3, -0.25) is 14.3 Å². The minimum atomic E-state index is -0.306. The summed E-state index contributed by atoms with van der Waals surface area (Å²) in [7, 11) is 0. The number of aryl methyl sites for hydroxylation is 2. The van der Waals surface area contributed by atoms with Gasteiger partial charge in [0.15, 0.2) is 0 Å². The maximum Gasteiger partial charge on any atom is 0.225 e. The molecule has 1 saturated heterocycles. The third-order valence-corrected chi connectivity index (χ3v) is 6.44. The van der Waals surface area contributed by atoms with Crippen LogP contribution in [0.2, 0.25) is 0 Å². The molecule has 3 aromatic rings. The molecule has 3 heterocycles. The molecule has 1 aliphatic rings. The van der Waals surface area contributed by atoms with Crippen molar-refractivity contribution in [3.8, 4) is 0 Å². The molecule has 1 aromatic carbocycles. The number of aromatic amines is 1. The second-order valence-corrected chi connectivity index (χ2v) is 8.48. The summed E-state index contributed by atoms with van der Waals surface area (Å²) in [5.74, 6) is -0.308. The molecule has 4 rings (SSSR count). The van der Waals surface area contributed by atoms with Crippen molar-refractivity contribution in [1.82, 2.24) is 25.0 Å². The largest absolute Gasteiger partial charge is 0.361 e. The topological polar surface area (TPSA) is 83.0 Å². The van der Waals surface area contributed by atoms with E-state index in [-0.39, 0.29) is 30.2 Å². The molecule has 0 spiro atoms. The Hall–Kier alpha value is -3.09. The summed E-state index contributed by atoms with van der Waals surface area (Å²) in [6.45, 7) is 9.96. The van der Waals surface area contributed by atoms with Crippen LogP contribution in [0.5, 0.6) is 0 Å². The van der Waals surface area contributed by atoms with Crippen molar-refractivity contribution in [3.05, 3.63) is 53.0 Å². The van der Waals surface area contributed by atoms with E-state index >= 15 is 0 Å². The van der Waals surface area contributed by atoms with E-state index in [2.05, 4.69) is 34.5 Å². The smallest absolute Gasteiger partial charge is 0.225 e.